The van der Waals surface area contributed by atoms with Gasteiger partial charge in [0.25, 0.3) is 0 Å². The maximum atomic E-state index is 12.9. The van der Waals surface area contributed by atoms with Crippen molar-refractivity contribution in [3.05, 3.63) is 0 Å². The molecule has 0 aromatic carbocycles. The van der Waals surface area contributed by atoms with E-state index in [1.54, 1.807) is 0 Å². The summed E-state index contributed by atoms with van der Waals surface area (Å²) in [4.78, 5) is 38.3. The lowest BCUT2D eigenvalue weighted by molar-refractivity contribution is -0.167. The Morgan fingerprint density at radius 1 is 0.286 bits per heavy atom. The van der Waals surface area contributed by atoms with Crippen LogP contribution in [0.4, 0.5) is 0 Å². The summed E-state index contributed by atoms with van der Waals surface area (Å²) in [6.45, 7) is 13.8. The molecular weight excluding hydrogens is 865 g/mol. The first-order chi connectivity index (χ1) is 34.1. The molecule has 6 nitrogen and oxygen atoms in total. The Balaban J connectivity index is 4.27. The molecule has 0 rings (SSSR count). The smallest absolute Gasteiger partial charge is 0.306 e. The predicted octanol–water partition coefficient (Wildman–Crippen LogP) is 21.1. The minimum atomic E-state index is -0.764. The van der Waals surface area contributed by atoms with Gasteiger partial charge in [-0.2, -0.15) is 0 Å². The normalized spacial score (nSPS) is 12.5. The van der Waals surface area contributed by atoms with E-state index in [0.717, 1.165) is 75.5 Å². The monoisotopic (exact) mass is 989 g/mol. The molecule has 0 radical (unpaired) electrons. The van der Waals surface area contributed by atoms with Crippen LogP contribution in [-0.2, 0) is 28.6 Å². The molecule has 70 heavy (non-hydrogen) atoms. The van der Waals surface area contributed by atoms with Gasteiger partial charge in [-0.05, 0) is 37.0 Å². The molecule has 0 aliphatic carbocycles. The van der Waals surface area contributed by atoms with Crippen molar-refractivity contribution >= 4 is 17.9 Å². The average Bonchev–Trinajstić information content (AvgIpc) is 3.33. The van der Waals surface area contributed by atoms with Crippen LogP contribution in [0.25, 0.3) is 0 Å². The van der Waals surface area contributed by atoms with Crippen molar-refractivity contribution in [1.82, 2.24) is 0 Å². The summed E-state index contributed by atoms with van der Waals surface area (Å²) in [6.07, 6.45) is 59.5. The minimum Gasteiger partial charge on any atom is -0.462 e. The Labute approximate surface area is 438 Å². The van der Waals surface area contributed by atoms with E-state index < -0.39 is 6.10 Å². The summed E-state index contributed by atoms with van der Waals surface area (Å²) < 4.78 is 17.0. The quantitative estimate of drug-likeness (QED) is 0.0343. The van der Waals surface area contributed by atoms with Gasteiger partial charge in [-0.15, -0.1) is 0 Å². The van der Waals surface area contributed by atoms with Gasteiger partial charge in [0.1, 0.15) is 13.2 Å². The molecule has 2 atom stereocenters. The standard InChI is InChI=1S/C64H124O6/c1-7-60(6)52-46-40-34-28-24-25-30-36-42-48-54-63(66)69-57-61(70-64(67)55-49-43-37-31-23-19-15-14-17-21-27-33-39-45-51-59(4)5)56-68-62(65)53-47-41-35-29-22-18-13-11-9-8-10-12-16-20-26-32-38-44-50-58(2)3/h58-61H,7-57H2,1-6H3/t60?,61-/m1/s1. The fourth-order valence-corrected chi connectivity index (χ4v) is 9.85. The summed E-state index contributed by atoms with van der Waals surface area (Å²) in [5.74, 6) is 1.73. The number of hydrogen-bond acceptors (Lipinski definition) is 6. The molecule has 0 aliphatic heterocycles. The fraction of sp³-hybridized carbons (Fsp3) is 0.953. The molecule has 0 bridgehead atoms. The van der Waals surface area contributed by atoms with Gasteiger partial charge in [-0.3, -0.25) is 14.4 Å². The van der Waals surface area contributed by atoms with E-state index in [-0.39, 0.29) is 31.1 Å². The van der Waals surface area contributed by atoms with E-state index in [9.17, 15) is 14.4 Å². The van der Waals surface area contributed by atoms with Gasteiger partial charge in [0.05, 0.1) is 0 Å². The van der Waals surface area contributed by atoms with Crippen molar-refractivity contribution < 1.29 is 28.6 Å². The van der Waals surface area contributed by atoms with Crippen molar-refractivity contribution in [3.8, 4) is 0 Å². The van der Waals surface area contributed by atoms with Crippen LogP contribution in [-0.4, -0.2) is 37.2 Å². The van der Waals surface area contributed by atoms with Gasteiger partial charge in [-0.1, -0.05) is 318 Å². The summed E-state index contributed by atoms with van der Waals surface area (Å²) >= 11 is 0. The van der Waals surface area contributed by atoms with Gasteiger partial charge in [0.2, 0.25) is 0 Å². The molecule has 0 aliphatic rings. The lowest BCUT2D eigenvalue weighted by Gasteiger charge is -2.18. The molecule has 0 spiro atoms. The third-order valence-corrected chi connectivity index (χ3v) is 15.0. The maximum absolute atomic E-state index is 12.9. The molecule has 416 valence electrons. The number of hydrogen-bond donors (Lipinski definition) is 0. The average molecular weight is 990 g/mol. The van der Waals surface area contributed by atoms with Crippen LogP contribution in [0.3, 0.4) is 0 Å². The van der Waals surface area contributed by atoms with Gasteiger partial charge < -0.3 is 14.2 Å². The Hall–Kier alpha value is -1.59. The maximum Gasteiger partial charge on any atom is 0.306 e. The van der Waals surface area contributed by atoms with Crippen molar-refractivity contribution in [3.63, 3.8) is 0 Å². The molecule has 0 aromatic rings. The van der Waals surface area contributed by atoms with Gasteiger partial charge in [0, 0.05) is 19.3 Å². The van der Waals surface area contributed by atoms with Crippen LogP contribution >= 0.6 is 0 Å². The predicted molar refractivity (Wildman–Crippen MR) is 303 cm³/mol. The SMILES string of the molecule is CCC(C)CCCCCCCCCCCCC(=O)OC[C@@H](COC(=O)CCCCCCCCCCCCCCCCCCCCC(C)C)OC(=O)CCCCCCCCCCCCCCCCC(C)C. The molecule has 6 heteroatoms. The third kappa shape index (κ3) is 55.7. The summed E-state index contributed by atoms with van der Waals surface area (Å²) in [7, 11) is 0. The number of ether oxygens (including phenoxy) is 3. The zero-order valence-corrected chi connectivity index (χ0v) is 48.3. The van der Waals surface area contributed by atoms with Crippen molar-refractivity contribution in [2.45, 2.75) is 362 Å². The topological polar surface area (TPSA) is 78.9 Å². The first-order valence-electron chi connectivity index (χ1n) is 31.6. The van der Waals surface area contributed by atoms with Crippen LogP contribution in [0.1, 0.15) is 356 Å². The van der Waals surface area contributed by atoms with E-state index >= 15 is 0 Å². The Morgan fingerprint density at radius 3 is 0.743 bits per heavy atom. The second-order valence-electron chi connectivity index (χ2n) is 23.2. The zero-order valence-electron chi connectivity index (χ0n) is 48.3. The van der Waals surface area contributed by atoms with Gasteiger partial charge in [0.15, 0.2) is 6.10 Å². The summed E-state index contributed by atoms with van der Waals surface area (Å²) in [5, 5.41) is 0. The third-order valence-electron chi connectivity index (χ3n) is 15.0. The van der Waals surface area contributed by atoms with Crippen molar-refractivity contribution in [2.24, 2.45) is 17.8 Å². The highest BCUT2D eigenvalue weighted by Gasteiger charge is 2.19. The van der Waals surface area contributed by atoms with Crippen LogP contribution in [0, 0.1) is 17.8 Å². The number of esters is 3. The molecule has 0 saturated carbocycles. The van der Waals surface area contributed by atoms with Crippen LogP contribution < -0.4 is 0 Å². The number of carbonyl (C=O) groups excluding carboxylic acids is 3. The molecule has 0 fully saturated rings. The number of unbranched alkanes of at least 4 members (excludes halogenated alkanes) is 39. The Bertz CT molecular complexity index is 1090. The molecular formula is C64H124O6. The first-order valence-corrected chi connectivity index (χ1v) is 31.6. The second kappa shape index (κ2) is 55.2. The molecule has 0 amide bonds. The highest BCUT2D eigenvalue weighted by atomic mass is 16.6. The van der Waals surface area contributed by atoms with Crippen molar-refractivity contribution in [2.75, 3.05) is 13.2 Å². The van der Waals surface area contributed by atoms with Crippen LogP contribution in [0.2, 0.25) is 0 Å². The van der Waals surface area contributed by atoms with E-state index in [0.29, 0.717) is 19.3 Å². The zero-order chi connectivity index (χ0) is 51.2. The number of carbonyl (C=O) groups is 3. The van der Waals surface area contributed by atoms with Crippen molar-refractivity contribution in [1.29, 1.82) is 0 Å². The number of rotatable bonds is 57. The van der Waals surface area contributed by atoms with Gasteiger partial charge >= 0.3 is 17.9 Å². The largest absolute Gasteiger partial charge is 0.462 e. The van der Waals surface area contributed by atoms with Crippen LogP contribution in [0.15, 0.2) is 0 Å². The lowest BCUT2D eigenvalue weighted by Crippen LogP contribution is -2.30. The second-order valence-corrected chi connectivity index (χ2v) is 23.2. The van der Waals surface area contributed by atoms with Crippen LogP contribution in [0.5, 0.6) is 0 Å². The van der Waals surface area contributed by atoms with E-state index in [4.69, 9.17) is 14.2 Å². The molecule has 0 heterocycles. The Morgan fingerprint density at radius 2 is 0.500 bits per heavy atom. The lowest BCUT2D eigenvalue weighted by atomic mass is 9.99. The molecule has 0 saturated heterocycles. The first kappa shape index (κ1) is 68.4. The van der Waals surface area contributed by atoms with E-state index in [2.05, 4.69) is 41.5 Å². The highest BCUT2D eigenvalue weighted by Crippen LogP contribution is 2.19. The summed E-state index contributed by atoms with van der Waals surface area (Å²) in [5.41, 5.74) is 0. The molecule has 1 unspecified atom stereocenters. The minimum absolute atomic E-state index is 0.0628. The van der Waals surface area contributed by atoms with E-state index in [1.165, 1.54) is 238 Å². The fourth-order valence-electron chi connectivity index (χ4n) is 9.85. The highest BCUT2D eigenvalue weighted by molar-refractivity contribution is 5.71. The molecule has 0 N–H and O–H groups in total. The van der Waals surface area contributed by atoms with Gasteiger partial charge in [-0.25, -0.2) is 0 Å². The van der Waals surface area contributed by atoms with E-state index in [1.807, 2.05) is 0 Å². The Kier molecular flexibility index (Phi) is 53.9. The summed E-state index contributed by atoms with van der Waals surface area (Å²) in [6, 6.07) is 0. The molecule has 0 aromatic heterocycles.